The first-order valence-electron chi connectivity index (χ1n) is 9.17. The smallest absolute Gasteiger partial charge is 0.228 e. The van der Waals surface area contributed by atoms with Gasteiger partial charge in [0.2, 0.25) is 11.7 Å². The van der Waals surface area contributed by atoms with Crippen LogP contribution in [-0.4, -0.2) is 39.7 Å². The third-order valence-electron chi connectivity index (χ3n) is 4.55. The van der Waals surface area contributed by atoms with Crippen molar-refractivity contribution in [1.82, 2.24) is 20.1 Å². The fraction of sp³-hybridized carbons (Fsp3) is 0.368. The van der Waals surface area contributed by atoms with Gasteiger partial charge in [-0.3, -0.25) is 0 Å². The molecule has 1 aliphatic heterocycles. The molecule has 1 aliphatic rings. The highest BCUT2D eigenvalue weighted by Crippen LogP contribution is 2.20. The number of piperidine rings is 1. The lowest BCUT2D eigenvalue weighted by Crippen LogP contribution is -2.30. The number of aromatic nitrogens is 4. The van der Waals surface area contributed by atoms with Gasteiger partial charge in [-0.25, -0.2) is 9.97 Å². The highest BCUT2D eigenvalue weighted by atomic mass is 35.5. The summed E-state index contributed by atoms with van der Waals surface area (Å²) in [6, 6.07) is 9.36. The van der Waals surface area contributed by atoms with Crippen LogP contribution in [0.4, 0.5) is 11.6 Å². The van der Waals surface area contributed by atoms with Gasteiger partial charge in [-0.15, -0.1) is 0 Å². The molecule has 0 spiro atoms. The van der Waals surface area contributed by atoms with Crippen molar-refractivity contribution >= 4 is 23.2 Å². The van der Waals surface area contributed by atoms with Gasteiger partial charge < -0.3 is 14.7 Å². The van der Waals surface area contributed by atoms with Gasteiger partial charge in [0.1, 0.15) is 18.0 Å². The molecule has 0 atom stereocenters. The molecule has 3 aromatic rings. The van der Waals surface area contributed by atoms with Crippen molar-refractivity contribution < 1.29 is 4.52 Å². The monoisotopic (exact) mass is 384 g/mol. The fourth-order valence-electron chi connectivity index (χ4n) is 3.11. The normalized spacial score (nSPS) is 14.3. The van der Waals surface area contributed by atoms with E-state index in [4.69, 9.17) is 16.1 Å². The van der Waals surface area contributed by atoms with E-state index >= 15 is 0 Å². The van der Waals surface area contributed by atoms with Gasteiger partial charge in [0.15, 0.2) is 0 Å². The van der Waals surface area contributed by atoms with E-state index in [-0.39, 0.29) is 0 Å². The van der Waals surface area contributed by atoms with Crippen molar-refractivity contribution in [3.63, 3.8) is 0 Å². The van der Waals surface area contributed by atoms with Gasteiger partial charge in [-0.2, -0.15) is 4.98 Å². The van der Waals surface area contributed by atoms with Crippen molar-refractivity contribution in [3.05, 3.63) is 47.6 Å². The number of hydrogen-bond acceptors (Lipinski definition) is 7. The Morgan fingerprint density at radius 3 is 2.70 bits per heavy atom. The number of rotatable bonds is 6. The van der Waals surface area contributed by atoms with Gasteiger partial charge in [0.25, 0.3) is 0 Å². The summed E-state index contributed by atoms with van der Waals surface area (Å²) in [4.78, 5) is 15.4. The van der Waals surface area contributed by atoms with Crippen molar-refractivity contribution in [1.29, 1.82) is 0 Å². The Bertz CT molecular complexity index is 876. The summed E-state index contributed by atoms with van der Waals surface area (Å²) < 4.78 is 5.33. The number of halogens is 1. The largest absolute Gasteiger partial charge is 0.369 e. The zero-order chi connectivity index (χ0) is 18.5. The quantitative estimate of drug-likeness (QED) is 0.691. The van der Waals surface area contributed by atoms with Crippen LogP contribution in [0.15, 0.2) is 41.2 Å². The summed E-state index contributed by atoms with van der Waals surface area (Å²) in [6.45, 7) is 2.77. The molecule has 0 radical (unpaired) electrons. The number of nitrogens with zero attached hydrogens (tertiary/aromatic N) is 5. The fourth-order valence-corrected chi connectivity index (χ4v) is 3.24. The molecule has 0 bridgehead atoms. The molecule has 0 saturated carbocycles. The Morgan fingerprint density at radius 2 is 1.89 bits per heavy atom. The maximum atomic E-state index is 5.91. The van der Waals surface area contributed by atoms with Crippen LogP contribution in [-0.2, 0) is 6.42 Å². The Hall–Kier alpha value is -2.67. The molecule has 3 heterocycles. The molecule has 7 nitrogen and oxygen atoms in total. The van der Waals surface area contributed by atoms with E-state index < -0.39 is 0 Å². The number of hydrogen-bond donors (Lipinski definition) is 1. The van der Waals surface area contributed by atoms with Crippen LogP contribution in [0.1, 0.15) is 25.2 Å². The van der Waals surface area contributed by atoms with Crippen molar-refractivity contribution in [3.8, 4) is 11.4 Å². The van der Waals surface area contributed by atoms with Crippen LogP contribution in [0.25, 0.3) is 11.4 Å². The average Bonchev–Trinajstić information content (AvgIpc) is 3.18. The first kappa shape index (κ1) is 17.7. The van der Waals surface area contributed by atoms with Crippen molar-refractivity contribution in [2.24, 2.45) is 0 Å². The molecule has 1 aromatic carbocycles. The minimum Gasteiger partial charge on any atom is -0.369 e. The van der Waals surface area contributed by atoms with Gasteiger partial charge >= 0.3 is 0 Å². The molecule has 0 amide bonds. The highest BCUT2D eigenvalue weighted by molar-refractivity contribution is 6.30. The SMILES string of the molecule is Clc1ccc(-c2noc(CCNc3cc(N4CCCCC4)ncn3)n2)cc1. The van der Waals surface area contributed by atoms with Gasteiger partial charge in [0, 0.05) is 42.7 Å². The maximum absolute atomic E-state index is 5.91. The first-order valence-corrected chi connectivity index (χ1v) is 9.55. The molecule has 8 heteroatoms. The lowest BCUT2D eigenvalue weighted by atomic mass is 10.1. The molecule has 140 valence electrons. The second kappa shape index (κ2) is 8.35. The van der Waals surface area contributed by atoms with E-state index in [0.717, 1.165) is 30.3 Å². The summed E-state index contributed by atoms with van der Waals surface area (Å²) in [7, 11) is 0. The Labute approximate surface area is 162 Å². The summed E-state index contributed by atoms with van der Waals surface area (Å²) in [5.74, 6) is 2.94. The van der Waals surface area contributed by atoms with Gasteiger partial charge in [-0.05, 0) is 43.5 Å². The topological polar surface area (TPSA) is 80.0 Å². The summed E-state index contributed by atoms with van der Waals surface area (Å²) in [6.07, 6.45) is 5.97. The van der Waals surface area contributed by atoms with Crippen LogP contribution in [0.3, 0.4) is 0 Å². The second-order valence-corrected chi connectivity index (χ2v) is 6.94. The molecular weight excluding hydrogens is 364 g/mol. The van der Waals surface area contributed by atoms with Crippen LogP contribution in [0.5, 0.6) is 0 Å². The zero-order valence-corrected chi connectivity index (χ0v) is 15.7. The molecule has 1 saturated heterocycles. The second-order valence-electron chi connectivity index (χ2n) is 6.50. The van der Waals surface area contributed by atoms with E-state index in [0.29, 0.717) is 29.7 Å². The Balaban J connectivity index is 1.33. The van der Waals surface area contributed by atoms with Crippen molar-refractivity contribution in [2.45, 2.75) is 25.7 Å². The number of benzene rings is 1. The number of anilines is 2. The molecule has 0 aliphatic carbocycles. The predicted octanol–water partition coefficient (Wildman–Crippen LogP) is 3.82. The molecular formula is C19H21ClN6O. The lowest BCUT2D eigenvalue weighted by Gasteiger charge is -2.27. The average molecular weight is 385 g/mol. The third-order valence-corrected chi connectivity index (χ3v) is 4.80. The first-order chi connectivity index (χ1) is 13.3. The van der Waals surface area contributed by atoms with E-state index in [9.17, 15) is 0 Å². The zero-order valence-electron chi connectivity index (χ0n) is 14.9. The minimum atomic E-state index is 0.566. The molecule has 1 N–H and O–H groups in total. The summed E-state index contributed by atoms with van der Waals surface area (Å²) >= 11 is 5.91. The Morgan fingerprint density at radius 1 is 1.07 bits per heavy atom. The van der Waals surface area contributed by atoms with Crippen LogP contribution in [0, 0.1) is 0 Å². The van der Waals surface area contributed by atoms with E-state index in [1.54, 1.807) is 6.33 Å². The van der Waals surface area contributed by atoms with Gasteiger partial charge in [0.05, 0.1) is 0 Å². The molecule has 0 unspecified atom stereocenters. The highest BCUT2D eigenvalue weighted by Gasteiger charge is 2.13. The van der Waals surface area contributed by atoms with Crippen LogP contribution in [0.2, 0.25) is 5.02 Å². The molecule has 4 rings (SSSR count). The number of nitrogens with one attached hydrogen (secondary N) is 1. The third kappa shape index (κ3) is 4.54. The Kier molecular flexibility index (Phi) is 5.48. The van der Waals surface area contributed by atoms with E-state index in [1.165, 1.54) is 19.3 Å². The minimum absolute atomic E-state index is 0.566. The predicted molar refractivity (Wildman–Crippen MR) is 105 cm³/mol. The van der Waals surface area contributed by atoms with Gasteiger partial charge in [-0.1, -0.05) is 16.8 Å². The summed E-state index contributed by atoms with van der Waals surface area (Å²) in [5.41, 5.74) is 0.879. The van der Waals surface area contributed by atoms with Crippen LogP contribution >= 0.6 is 11.6 Å². The standard InChI is InChI=1S/C19H21ClN6O/c20-15-6-4-14(5-7-15)19-24-18(27-25-19)8-9-21-16-12-17(23-13-22-16)26-10-2-1-3-11-26/h4-7,12-13H,1-3,8-11H2,(H,21,22,23). The molecule has 1 fully saturated rings. The molecule has 27 heavy (non-hydrogen) atoms. The molecule has 2 aromatic heterocycles. The van der Waals surface area contributed by atoms with E-state index in [2.05, 4.69) is 30.3 Å². The van der Waals surface area contributed by atoms with Crippen LogP contribution < -0.4 is 10.2 Å². The van der Waals surface area contributed by atoms with Crippen molar-refractivity contribution in [2.75, 3.05) is 29.9 Å². The maximum Gasteiger partial charge on any atom is 0.228 e. The lowest BCUT2D eigenvalue weighted by molar-refractivity contribution is 0.381. The summed E-state index contributed by atoms with van der Waals surface area (Å²) in [5, 5.41) is 8.01. The van der Waals surface area contributed by atoms with E-state index in [1.807, 2.05) is 30.3 Å².